The Morgan fingerprint density at radius 1 is 1.50 bits per heavy atom. The van der Waals surface area contributed by atoms with Crippen LogP contribution in [0, 0.1) is 17.2 Å². The lowest BCUT2D eigenvalue weighted by Gasteiger charge is -2.20. The number of halogens is 2. The second-order valence-corrected chi connectivity index (χ2v) is 6.18. The van der Waals surface area contributed by atoms with Gasteiger partial charge in [0.2, 0.25) is 0 Å². The minimum Gasteiger partial charge on any atom is -0.351 e. The normalized spacial score (nSPS) is 16.7. The zero-order valence-corrected chi connectivity index (χ0v) is 12.2. The van der Waals surface area contributed by atoms with Crippen molar-refractivity contribution < 1.29 is 9.18 Å². The van der Waals surface area contributed by atoms with Gasteiger partial charge in [0.25, 0.3) is 5.91 Å². The summed E-state index contributed by atoms with van der Waals surface area (Å²) in [5.41, 5.74) is 0.638. The lowest BCUT2D eigenvalue weighted by atomic mass is 9.92. The molecule has 0 aromatic heterocycles. The molecule has 0 unspecified atom stereocenters. The molecular formula is C14H17BrFNO. The van der Waals surface area contributed by atoms with Crippen LogP contribution in [0.4, 0.5) is 4.39 Å². The maximum atomic E-state index is 13.3. The van der Waals surface area contributed by atoms with E-state index in [0.717, 1.165) is 0 Å². The predicted octanol–water partition coefficient (Wildman–Crippen LogP) is 3.75. The lowest BCUT2D eigenvalue weighted by molar-refractivity contribution is 0.0939. The first-order chi connectivity index (χ1) is 8.44. The lowest BCUT2D eigenvalue weighted by Crippen LogP contribution is -2.32. The summed E-state index contributed by atoms with van der Waals surface area (Å²) in [5, 5.41) is 2.91. The van der Waals surface area contributed by atoms with E-state index in [0.29, 0.717) is 22.5 Å². The first kappa shape index (κ1) is 13.5. The van der Waals surface area contributed by atoms with Crippen LogP contribution < -0.4 is 5.32 Å². The Hall–Kier alpha value is -0.900. The standard InChI is InChI=1S/C14H17BrFNO/c1-9(2)14(5-6-14)8-17-13(18)10-3-4-11(15)12(16)7-10/h3-4,7,9H,5-6,8H2,1-2H3,(H,17,18). The number of carbonyl (C=O) groups is 1. The fourth-order valence-electron chi connectivity index (χ4n) is 2.11. The second-order valence-electron chi connectivity index (χ2n) is 5.33. The van der Waals surface area contributed by atoms with E-state index in [9.17, 15) is 9.18 Å². The number of carbonyl (C=O) groups excluding carboxylic acids is 1. The van der Waals surface area contributed by atoms with E-state index in [4.69, 9.17) is 0 Å². The molecule has 0 atom stereocenters. The van der Waals surface area contributed by atoms with Crippen LogP contribution in [-0.4, -0.2) is 12.5 Å². The van der Waals surface area contributed by atoms with Crippen molar-refractivity contribution in [3.63, 3.8) is 0 Å². The number of hydrogen-bond acceptors (Lipinski definition) is 1. The fourth-order valence-corrected chi connectivity index (χ4v) is 2.36. The first-order valence-corrected chi connectivity index (χ1v) is 6.97. The molecule has 0 bridgehead atoms. The summed E-state index contributed by atoms with van der Waals surface area (Å²) in [6.07, 6.45) is 2.33. The number of hydrogen-bond donors (Lipinski definition) is 1. The molecule has 1 aromatic rings. The van der Waals surface area contributed by atoms with Gasteiger partial charge >= 0.3 is 0 Å². The van der Waals surface area contributed by atoms with Crippen molar-refractivity contribution in [1.82, 2.24) is 5.32 Å². The largest absolute Gasteiger partial charge is 0.351 e. The minimum absolute atomic E-state index is 0.201. The van der Waals surface area contributed by atoms with Crippen LogP contribution in [0.2, 0.25) is 0 Å². The third kappa shape index (κ3) is 2.74. The van der Waals surface area contributed by atoms with Crippen LogP contribution in [0.25, 0.3) is 0 Å². The zero-order chi connectivity index (χ0) is 13.3. The Bertz CT molecular complexity index is 469. The highest BCUT2D eigenvalue weighted by atomic mass is 79.9. The number of amides is 1. The molecule has 0 saturated heterocycles. The Kier molecular flexibility index (Phi) is 3.76. The third-order valence-corrected chi connectivity index (χ3v) is 4.54. The molecule has 1 aliphatic carbocycles. The summed E-state index contributed by atoms with van der Waals surface area (Å²) in [6, 6.07) is 4.44. The monoisotopic (exact) mass is 313 g/mol. The van der Waals surface area contributed by atoms with Gasteiger partial charge in [-0.05, 0) is 58.3 Å². The maximum Gasteiger partial charge on any atom is 0.251 e. The molecule has 1 saturated carbocycles. The number of rotatable bonds is 4. The molecule has 1 N–H and O–H groups in total. The van der Waals surface area contributed by atoms with Gasteiger partial charge in [0.05, 0.1) is 4.47 Å². The highest BCUT2D eigenvalue weighted by molar-refractivity contribution is 9.10. The molecule has 0 aliphatic heterocycles. The van der Waals surface area contributed by atoms with E-state index in [1.54, 1.807) is 12.1 Å². The average molecular weight is 314 g/mol. The first-order valence-electron chi connectivity index (χ1n) is 6.18. The van der Waals surface area contributed by atoms with Crippen LogP contribution in [0.3, 0.4) is 0 Å². The second kappa shape index (κ2) is 5.00. The van der Waals surface area contributed by atoms with Crippen LogP contribution in [0.5, 0.6) is 0 Å². The summed E-state index contributed by atoms with van der Waals surface area (Å²) >= 11 is 3.07. The smallest absolute Gasteiger partial charge is 0.251 e. The molecule has 2 nitrogen and oxygen atoms in total. The summed E-state index contributed by atoms with van der Waals surface area (Å²) in [5.74, 6) is -0.0413. The molecule has 2 rings (SSSR count). The van der Waals surface area contributed by atoms with E-state index in [2.05, 4.69) is 35.1 Å². The van der Waals surface area contributed by atoms with E-state index in [1.807, 2.05) is 0 Å². The molecule has 1 amide bonds. The van der Waals surface area contributed by atoms with Crippen LogP contribution in [0.15, 0.2) is 22.7 Å². The summed E-state index contributed by atoms with van der Waals surface area (Å²) in [7, 11) is 0. The summed E-state index contributed by atoms with van der Waals surface area (Å²) in [6.45, 7) is 5.04. The van der Waals surface area contributed by atoms with Crippen molar-refractivity contribution in [3.05, 3.63) is 34.1 Å². The number of benzene rings is 1. The van der Waals surface area contributed by atoms with Crippen molar-refractivity contribution in [3.8, 4) is 0 Å². The Morgan fingerprint density at radius 2 is 2.17 bits per heavy atom. The van der Waals surface area contributed by atoms with E-state index in [1.165, 1.54) is 18.9 Å². The van der Waals surface area contributed by atoms with E-state index in [-0.39, 0.29) is 11.3 Å². The average Bonchev–Trinajstić information content (AvgIpc) is 3.11. The third-order valence-electron chi connectivity index (χ3n) is 3.90. The van der Waals surface area contributed by atoms with Gasteiger partial charge < -0.3 is 5.32 Å². The van der Waals surface area contributed by atoms with Crippen molar-refractivity contribution in [1.29, 1.82) is 0 Å². The van der Waals surface area contributed by atoms with Gasteiger partial charge in [-0.25, -0.2) is 4.39 Å². The van der Waals surface area contributed by atoms with Gasteiger partial charge in [-0.2, -0.15) is 0 Å². The van der Waals surface area contributed by atoms with Gasteiger partial charge in [0, 0.05) is 12.1 Å². The van der Waals surface area contributed by atoms with Gasteiger partial charge in [-0.1, -0.05) is 13.8 Å². The van der Waals surface area contributed by atoms with Crippen LogP contribution in [-0.2, 0) is 0 Å². The van der Waals surface area contributed by atoms with E-state index < -0.39 is 5.82 Å². The number of nitrogens with one attached hydrogen (secondary N) is 1. The van der Waals surface area contributed by atoms with Crippen molar-refractivity contribution in [2.45, 2.75) is 26.7 Å². The molecule has 1 fully saturated rings. The molecule has 1 aromatic carbocycles. The molecule has 0 heterocycles. The van der Waals surface area contributed by atoms with Gasteiger partial charge in [-0.15, -0.1) is 0 Å². The molecule has 0 radical (unpaired) electrons. The fraction of sp³-hybridized carbons (Fsp3) is 0.500. The van der Waals surface area contributed by atoms with Crippen molar-refractivity contribution >= 4 is 21.8 Å². The van der Waals surface area contributed by atoms with Crippen molar-refractivity contribution in [2.75, 3.05) is 6.54 Å². The highest BCUT2D eigenvalue weighted by Crippen LogP contribution is 2.51. The Labute approximate surface area is 115 Å². The van der Waals surface area contributed by atoms with Gasteiger partial charge in [0.1, 0.15) is 5.82 Å². The van der Waals surface area contributed by atoms with E-state index >= 15 is 0 Å². The summed E-state index contributed by atoms with van der Waals surface area (Å²) < 4.78 is 13.7. The molecule has 0 spiro atoms. The van der Waals surface area contributed by atoms with Crippen LogP contribution >= 0.6 is 15.9 Å². The van der Waals surface area contributed by atoms with Crippen LogP contribution in [0.1, 0.15) is 37.0 Å². The quantitative estimate of drug-likeness (QED) is 0.901. The minimum atomic E-state index is -0.410. The molecule has 18 heavy (non-hydrogen) atoms. The molecule has 4 heteroatoms. The predicted molar refractivity (Wildman–Crippen MR) is 72.9 cm³/mol. The SMILES string of the molecule is CC(C)C1(CNC(=O)c2ccc(Br)c(F)c2)CC1. The zero-order valence-electron chi connectivity index (χ0n) is 10.6. The Balaban J connectivity index is 1.98. The molecule has 98 valence electrons. The highest BCUT2D eigenvalue weighted by Gasteiger charge is 2.45. The summed E-state index contributed by atoms with van der Waals surface area (Å²) in [4.78, 5) is 11.9. The van der Waals surface area contributed by atoms with Crippen molar-refractivity contribution in [2.24, 2.45) is 11.3 Å². The molecule has 1 aliphatic rings. The van der Waals surface area contributed by atoms with Gasteiger partial charge in [0.15, 0.2) is 0 Å². The van der Waals surface area contributed by atoms with Gasteiger partial charge in [-0.3, -0.25) is 4.79 Å². The molecular weight excluding hydrogens is 297 g/mol. The topological polar surface area (TPSA) is 29.1 Å². The maximum absolute atomic E-state index is 13.3. The Morgan fingerprint density at radius 3 is 2.67 bits per heavy atom.